The van der Waals surface area contributed by atoms with Gasteiger partial charge in [0.1, 0.15) is 12.2 Å². The Kier molecular flexibility index (Phi) is 5.09. The van der Waals surface area contributed by atoms with E-state index in [1.165, 1.54) is 13.2 Å². The molecule has 0 bridgehead atoms. The van der Waals surface area contributed by atoms with Crippen molar-refractivity contribution in [2.45, 2.75) is 44.1 Å². The van der Waals surface area contributed by atoms with E-state index in [1.54, 1.807) is 38.1 Å². The zero-order chi connectivity index (χ0) is 19.8. The van der Waals surface area contributed by atoms with Gasteiger partial charge in [-0.1, -0.05) is 12.1 Å². The number of fused-ring (bicyclic) bond motifs is 1. The van der Waals surface area contributed by atoms with E-state index in [0.717, 1.165) is 0 Å². The van der Waals surface area contributed by atoms with Crippen molar-refractivity contribution in [3.8, 4) is 5.75 Å². The highest BCUT2D eigenvalue weighted by atomic mass is 16.7. The summed E-state index contributed by atoms with van der Waals surface area (Å²) in [5, 5.41) is 11.3. The van der Waals surface area contributed by atoms with E-state index >= 15 is 0 Å². The van der Waals surface area contributed by atoms with Gasteiger partial charge in [0.25, 0.3) is 0 Å². The van der Waals surface area contributed by atoms with Crippen molar-refractivity contribution in [1.82, 2.24) is 0 Å². The number of benzene rings is 1. The largest absolute Gasteiger partial charge is 0.457 e. The van der Waals surface area contributed by atoms with Crippen molar-refractivity contribution in [1.29, 1.82) is 0 Å². The standard InChI is InChI=1S/C18H21NO8/c1-18(2)15(23-3)12(21)14(26-17(19)22)16(27-18)24-10-6-4-5-9-7-8-11(20)25-13(9)10/h4-8,12,14-16,21H,1-3H3,(H2,19,22)/t12-,14-,15+,16?/m0/s1. The third kappa shape index (κ3) is 3.75. The normalized spacial score (nSPS) is 27.3. The Hall–Kier alpha value is -2.62. The molecule has 2 heterocycles. The molecule has 0 saturated carbocycles. The summed E-state index contributed by atoms with van der Waals surface area (Å²) in [6, 6.07) is 7.89. The predicted molar refractivity (Wildman–Crippen MR) is 93.3 cm³/mol. The Bertz CT molecular complexity index is 892. The maximum atomic E-state index is 11.6. The first kappa shape index (κ1) is 19.2. The lowest BCUT2D eigenvalue weighted by Crippen LogP contribution is -2.65. The number of rotatable bonds is 4. The third-order valence-electron chi connectivity index (χ3n) is 4.38. The van der Waals surface area contributed by atoms with E-state index in [2.05, 4.69) is 0 Å². The van der Waals surface area contributed by atoms with Crippen LogP contribution in [0, 0.1) is 0 Å². The van der Waals surface area contributed by atoms with Crippen LogP contribution >= 0.6 is 0 Å². The number of nitrogens with two attached hydrogens (primary N) is 1. The van der Waals surface area contributed by atoms with Gasteiger partial charge >= 0.3 is 11.7 Å². The van der Waals surface area contributed by atoms with Gasteiger partial charge in [0, 0.05) is 18.6 Å². The highest BCUT2D eigenvalue weighted by molar-refractivity contribution is 5.82. The molecule has 4 atom stereocenters. The van der Waals surface area contributed by atoms with Crippen LogP contribution in [-0.2, 0) is 14.2 Å². The summed E-state index contributed by atoms with van der Waals surface area (Å²) in [6.07, 6.45) is -5.64. The maximum absolute atomic E-state index is 11.6. The van der Waals surface area contributed by atoms with E-state index in [0.29, 0.717) is 5.39 Å². The summed E-state index contributed by atoms with van der Waals surface area (Å²) in [5.41, 5.74) is 3.80. The second kappa shape index (κ2) is 7.18. The van der Waals surface area contributed by atoms with Gasteiger partial charge in [-0.3, -0.25) is 0 Å². The SMILES string of the molecule is CO[C@@H]1[C@@H](O)[C@H](OC(N)=O)C(Oc2cccc3ccc(=O)oc23)OC1(C)C. The molecule has 1 amide bonds. The lowest BCUT2D eigenvalue weighted by molar-refractivity contribution is -0.304. The predicted octanol–water partition coefficient (Wildman–Crippen LogP) is 1.15. The summed E-state index contributed by atoms with van der Waals surface area (Å²) in [5.74, 6) is 0.187. The van der Waals surface area contributed by atoms with Crippen LogP contribution in [0.1, 0.15) is 13.8 Å². The maximum Gasteiger partial charge on any atom is 0.405 e. The van der Waals surface area contributed by atoms with E-state index in [1.807, 2.05) is 0 Å². The fourth-order valence-corrected chi connectivity index (χ4v) is 3.24. The number of carbonyl (C=O) groups is 1. The van der Waals surface area contributed by atoms with Crippen molar-refractivity contribution in [3.05, 3.63) is 40.8 Å². The average Bonchev–Trinajstić information content (AvgIpc) is 2.58. The first-order valence-electron chi connectivity index (χ1n) is 8.27. The van der Waals surface area contributed by atoms with Crippen LogP contribution < -0.4 is 16.1 Å². The molecule has 1 aliphatic heterocycles. The number of aliphatic hydroxyl groups is 1. The Morgan fingerprint density at radius 3 is 2.67 bits per heavy atom. The molecule has 27 heavy (non-hydrogen) atoms. The quantitative estimate of drug-likeness (QED) is 0.757. The molecule has 1 saturated heterocycles. The molecule has 0 aliphatic carbocycles. The second-order valence-corrected chi connectivity index (χ2v) is 6.68. The molecular formula is C18H21NO8. The highest BCUT2D eigenvalue weighted by Gasteiger charge is 2.53. The summed E-state index contributed by atoms with van der Waals surface area (Å²) in [6.45, 7) is 3.40. The van der Waals surface area contributed by atoms with Crippen molar-refractivity contribution in [3.63, 3.8) is 0 Å². The highest BCUT2D eigenvalue weighted by Crippen LogP contribution is 2.35. The van der Waals surface area contributed by atoms with Crippen LogP contribution in [0.25, 0.3) is 11.0 Å². The van der Waals surface area contributed by atoms with Crippen LogP contribution in [0.3, 0.4) is 0 Å². The number of para-hydroxylation sites is 1. The number of methoxy groups -OCH3 is 1. The molecule has 1 fully saturated rings. The molecule has 3 N–H and O–H groups in total. The van der Waals surface area contributed by atoms with Crippen molar-refractivity contribution in [2.24, 2.45) is 5.73 Å². The number of aliphatic hydroxyl groups excluding tert-OH is 1. The summed E-state index contributed by atoms with van der Waals surface area (Å²) < 4.78 is 27.2. The van der Waals surface area contributed by atoms with Crippen LogP contribution in [0.5, 0.6) is 5.75 Å². The van der Waals surface area contributed by atoms with Crippen LogP contribution in [0.15, 0.2) is 39.5 Å². The monoisotopic (exact) mass is 379 g/mol. The van der Waals surface area contributed by atoms with Gasteiger partial charge in [0.2, 0.25) is 6.29 Å². The topological polar surface area (TPSA) is 130 Å². The molecule has 1 aromatic heterocycles. The number of hydrogen-bond donors (Lipinski definition) is 2. The van der Waals surface area contributed by atoms with Crippen LogP contribution in [0.4, 0.5) is 4.79 Å². The lowest BCUT2D eigenvalue weighted by atomic mass is 9.89. The number of hydrogen-bond acceptors (Lipinski definition) is 8. The van der Waals surface area contributed by atoms with Crippen LogP contribution in [-0.4, -0.2) is 48.5 Å². The molecule has 9 heteroatoms. The molecule has 1 aliphatic rings. The van der Waals surface area contributed by atoms with E-state index in [-0.39, 0.29) is 11.3 Å². The minimum atomic E-state index is -1.27. The minimum Gasteiger partial charge on any atom is -0.457 e. The molecule has 146 valence electrons. The van der Waals surface area contributed by atoms with E-state index in [4.69, 9.17) is 29.1 Å². The Morgan fingerprint density at radius 2 is 2.00 bits per heavy atom. The van der Waals surface area contributed by atoms with Crippen molar-refractivity contribution >= 4 is 17.1 Å². The van der Waals surface area contributed by atoms with Gasteiger partial charge in [-0.05, 0) is 26.0 Å². The first-order chi connectivity index (χ1) is 12.7. The Morgan fingerprint density at radius 1 is 1.26 bits per heavy atom. The average molecular weight is 379 g/mol. The summed E-state index contributed by atoms with van der Waals surface area (Å²) in [7, 11) is 1.40. The fourth-order valence-electron chi connectivity index (χ4n) is 3.24. The number of primary amides is 1. The van der Waals surface area contributed by atoms with Gasteiger partial charge in [0.05, 0.1) is 5.60 Å². The van der Waals surface area contributed by atoms with Gasteiger partial charge in [-0.2, -0.15) is 0 Å². The van der Waals surface area contributed by atoms with Crippen LogP contribution in [0.2, 0.25) is 0 Å². The summed E-state index contributed by atoms with van der Waals surface area (Å²) >= 11 is 0. The zero-order valence-corrected chi connectivity index (χ0v) is 15.1. The molecule has 0 radical (unpaired) electrons. The van der Waals surface area contributed by atoms with Gasteiger partial charge in [0.15, 0.2) is 17.4 Å². The molecule has 9 nitrogen and oxygen atoms in total. The lowest BCUT2D eigenvalue weighted by Gasteiger charge is -2.47. The second-order valence-electron chi connectivity index (χ2n) is 6.68. The third-order valence-corrected chi connectivity index (χ3v) is 4.38. The van der Waals surface area contributed by atoms with E-state index in [9.17, 15) is 14.7 Å². The van der Waals surface area contributed by atoms with Gasteiger partial charge < -0.3 is 34.2 Å². The van der Waals surface area contributed by atoms with Crippen molar-refractivity contribution in [2.75, 3.05) is 7.11 Å². The summed E-state index contributed by atoms with van der Waals surface area (Å²) in [4.78, 5) is 22.9. The Balaban J connectivity index is 1.99. The van der Waals surface area contributed by atoms with E-state index < -0.39 is 41.9 Å². The number of carbonyl (C=O) groups excluding carboxylic acids is 1. The number of amides is 1. The van der Waals surface area contributed by atoms with Crippen molar-refractivity contribution < 1.29 is 33.3 Å². The smallest absolute Gasteiger partial charge is 0.405 e. The van der Waals surface area contributed by atoms with Gasteiger partial charge in [-0.15, -0.1) is 0 Å². The van der Waals surface area contributed by atoms with Gasteiger partial charge in [-0.25, -0.2) is 9.59 Å². The Labute approximate surface area is 154 Å². The first-order valence-corrected chi connectivity index (χ1v) is 8.27. The molecule has 1 unspecified atom stereocenters. The molecule has 1 aromatic carbocycles. The molecular weight excluding hydrogens is 358 g/mol. The number of ether oxygens (including phenoxy) is 4. The minimum absolute atomic E-state index is 0.187. The fraction of sp³-hybridized carbons (Fsp3) is 0.444. The molecule has 2 aromatic rings. The zero-order valence-electron chi connectivity index (χ0n) is 15.1. The molecule has 3 rings (SSSR count). The molecule has 0 spiro atoms.